The van der Waals surface area contributed by atoms with Gasteiger partial charge in [-0.05, 0) is 109 Å². The molecule has 8 heteroatoms. The average Bonchev–Trinajstić information content (AvgIpc) is 3.17. The van der Waals surface area contributed by atoms with E-state index in [2.05, 4.69) is 101 Å². The van der Waals surface area contributed by atoms with Gasteiger partial charge in [-0.15, -0.1) is 0 Å². The fraction of sp³-hybridized carbons (Fsp3) is 0.467. The Hall–Kier alpha value is -4.08. The molecule has 4 aliphatic carbocycles. The third-order valence-corrected chi connectivity index (χ3v) is 12.4. The number of benzene rings is 3. The van der Waals surface area contributed by atoms with E-state index < -0.39 is 6.29 Å². The molecule has 4 saturated carbocycles. The molecule has 5 fully saturated rings. The number of carbonyl (C=O) groups is 1. The van der Waals surface area contributed by atoms with E-state index in [1.54, 1.807) is 0 Å². The largest absolute Gasteiger partial charge is 0.392 e. The van der Waals surface area contributed by atoms with Crippen LogP contribution in [0.5, 0.6) is 0 Å². The molecule has 8 nitrogen and oxygen atoms in total. The molecule has 2 amide bonds. The molecule has 1 aromatic heterocycles. The maximum atomic E-state index is 13.1. The van der Waals surface area contributed by atoms with Gasteiger partial charge in [0.25, 0.3) is 0 Å². The summed E-state index contributed by atoms with van der Waals surface area (Å²) in [5, 5.41) is 16.2. The molecule has 3 aromatic carbocycles. The number of amides is 2. The Morgan fingerprint density at radius 3 is 2.25 bits per heavy atom. The molecule has 0 spiro atoms. The van der Waals surface area contributed by atoms with Crippen molar-refractivity contribution in [3.63, 3.8) is 0 Å². The van der Waals surface area contributed by atoms with E-state index in [9.17, 15) is 9.90 Å². The van der Waals surface area contributed by atoms with Crippen molar-refractivity contribution in [2.75, 3.05) is 20.1 Å². The molecule has 1 aliphatic heterocycles. The first-order valence-corrected chi connectivity index (χ1v) is 19.7. The fourth-order valence-corrected chi connectivity index (χ4v) is 10.0. The minimum Gasteiger partial charge on any atom is -0.392 e. The highest BCUT2D eigenvalue weighted by molar-refractivity contribution is 5.75. The third kappa shape index (κ3) is 8.36. The summed E-state index contributed by atoms with van der Waals surface area (Å²) in [5.74, 6) is 2.50. The number of pyridine rings is 1. The number of nitrogens with zero attached hydrogens (tertiary/aromatic N) is 2. The summed E-state index contributed by atoms with van der Waals surface area (Å²) in [6.45, 7) is 4.35. The molecular weight excluding hydrogens is 661 g/mol. The van der Waals surface area contributed by atoms with Gasteiger partial charge in [-0.3, -0.25) is 4.98 Å². The summed E-state index contributed by atoms with van der Waals surface area (Å²) in [6, 6.07) is 31.0. The minimum atomic E-state index is -0.528. The number of hydrogen-bond donors (Lipinski definition) is 3. The number of carbonyl (C=O) groups excluding carboxylic acids is 1. The van der Waals surface area contributed by atoms with Crippen LogP contribution in [-0.2, 0) is 29.0 Å². The van der Waals surface area contributed by atoms with Crippen molar-refractivity contribution in [1.82, 2.24) is 20.5 Å². The van der Waals surface area contributed by atoms with Gasteiger partial charge in [0.15, 0.2) is 6.29 Å². The van der Waals surface area contributed by atoms with Crippen molar-refractivity contribution in [2.24, 2.45) is 23.7 Å². The molecule has 4 aromatic rings. The normalized spacial score (nSPS) is 28.9. The summed E-state index contributed by atoms with van der Waals surface area (Å²) in [6.07, 6.45) is 9.50. The van der Waals surface area contributed by atoms with Gasteiger partial charge < -0.3 is 30.1 Å². The second kappa shape index (κ2) is 15.7. The predicted molar refractivity (Wildman–Crippen MR) is 207 cm³/mol. The van der Waals surface area contributed by atoms with Gasteiger partial charge in [0, 0.05) is 55.0 Å². The Labute approximate surface area is 314 Å². The van der Waals surface area contributed by atoms with Crippen LogP contribution in [-0.4, -0.2) is 52.8 Å². The highest BCUT2D eigenvalue weighted by Gasteiger charge is 2.51. The van der Waals surface area contributed by atoms with Gasteiger partial charge in [-0.1, -0.05) is 79.7 Å². The van der Waals surface area contributed by atoms with E-state index in [0.29, 0.717) is 6.54 Å². The maximum absolute atomic E-state index is 13.1. The van der Waals surface area contributed by atoms with E-state index in [-0.39, 0.29) is 36.3 Å². The lowest BCUT2D eigenvalue weighted by molar-refractivity contribution is -0.275. The first-order chi connectivity index (χ1) is 25.8. The van der Waals surface area contributed by atoms with E-state index in [4.69, 9.17) is 9.47 Å². The molecule has 0 radical (unpaired) electrons. The zero-order valence-corrected chi connectivity index (χ0v) is 31.1. The lowest BCUT2D eigenvalue weighted by Gasteiger charge is -2.56. The van der Waals surface area contributed by atoms with E-state index in [1.807, 2.05) is 30.5 Å². The number of likely N-dealkylation sites (N-methyl/N-ethyl adjacent to an activating group) is 1. The van der Waals surface area contributed by atoms with Gasteiger partial charge in [0.2, 0.25) is 0 Å². The van der Waals surface area contributed by atoms with Gasteiger partial charge in [-0.2, -0.15) is 0 Å². The summed E-state index contributed by atoms with van der Waals surface area (Å²) in [4.78, 5) is 19.9. The van der Waals surface area contributed by atoms with Crippen molar-refractivity contribution in [2.45, 2.75) is 89.1 Å². The molecule has 9 rings (SSSR count). The zero-order valence-electron chi connectivity index (χ0n) is 31.1. The summed E-state index contributed by atoms with van der Waals surface area (Å²) < 4.78 is 13.5. The fourth-order valence-electron chi connectivity index (χ4n) is 10.0. The molecule has 5 aliphatic rings. The third-order valence-electron chi connectivity index (χ3n) is 12.4. The lowest BCUT2D eigenvalue weighted by atomic mass is 9.53. The van der Waals surface area contributed by atoms with E-state index >= 15 is 0 Å². The van der Waals surface area contributed by atoms with Crippen LogP contribution >= 0.6 is 0 Å². The van der Waals surface area contributed by atoms with Gasteiger partial charge in [0.05, 0.1) is 18.8 Å². The molecule has 3 N–H and O–H groups in total. The van der Waals surface area contributed by atoms with Crippen LogP contribution in [0.15, 0.2) is 97.2 Å². The zero-order chi connectivity index (χ0) is 36.4. The second-order valence-electron chi connectivity index (χ2n) is 16.5. The number of aliphatic hydroxyl groups is 1. The van der Waals surface area contributed by atoms with Crippen molar-refractivity contribution >= 4 is 6.03 Å². The van der Waals surface area contributed by atoms with Crippen LogP contribution in [0, 0.1) is 23.7 Å². The van der Waals surface area contributed by atoms with Gasteiger partial charge >= 0.3 is 6.03 Å². The van der Waals surface area contributed by atoms with Crippen LogP contribution in [0.1, 0.15) is 85.8 Å². The van der Waals surface area contributed by atoms with Crippen molar-refractivity contribution < 1.29 is 19.4 Å². The van der Waals surface area contributed by atoms with Crippen molar-refractivity contribution in [3.8, 4) is 11.1 Å². The minimum absolute atomic E-state index is 0.00675. The Bertz CT molecular complexity index is 1800. The average molecular weight is 715 g/mol. The topological polar surface area (TPSA) is 96.0 Å². The number of hydrogen-bond acceptors (Lipinski definition) is 6. The molecule has 1 saturated heterocycles. The van der Waals surface area contributed by atoms with Crippen molar-refractivity contribution in [1.29, 1.82) is 0 Å². The van der Waals surface area contributed by atoms with Crippen LogP contribution in [0.4, 0.5) is 4.79 Å². The molecule has 0 unspecified atom stereocenters. The Morgan fingerprint density at radius 1 is 0.849 bits per heavy atom. The van der Waals surface area contributed by atoms with Gasteiger partial charge in [0.1, 0.15) is 0 Å². The summed E-state index contributed by atoms with van der Waals surface area (Å²) in [5.41, 5.74) is 7.30. The van der Waals surface area contributed by atoms with Crippen LogP contribution in [0.3, 0.4) is 0 Å². The first kappa shape index (κ1) is 35.9. The number of ether oxygens (including phenoxy) is 2. The molecule has 2 heterocycles. The second-order valence-corrected chi connectivity index (χ2v) is 16.5. The number of aromatic nitrogens is 1. The predicted octanol–water partition coefficient (Wildman–Crippen LogP) is 7.97. The molecule has 278 valence electrons. The van der Waals surface area contributed by atoms with Crippen LogP contribution in [0.2, 0.25) is 0 Å². The molecule has 53 heavy (non-hydrogen) atoms. The number of nitrogens with one attached hydrogen (secondary N) is 2. The molecule has 4 atom stereocenters. The highest BCUT2D eigenvalue weighted by Crippen LogP contribution is 2.55. The number of rotatable bonds is 12. The van der Waals surface area contributed by atoms with E-state index in [1.165, 1.54) is 19.3 Å². The van der Waals surface area contributed by atoms with Crippen molar-refractivity contribution in [3.05, 3.63) is 125 Å². The standard InChI is InChI=1S/C45H54N4O4/c1-30-41(28-49(2)19-17-40-8-3-4-18-46-40)52-43(53-42(30)37-11-9-31(29-50)10-12-37)38-15-13-36(14-16-38)39-7-5-6-32(23-39)27-47-44(51)48-45-24-33-20-34(25-45)22-35(21-33)26-45/h3-16,18,23,30,33-35,41-43,50H,17,19-22,24-29H2,1-2H3,(H2,47,48,51)/t30-,33?,34?,35?,41+,42+,43+,45?/m1/s1. The smallest absolute Gasteiger partial charge is 0.315 e. The maximum Gasteiger partial charge on any atom is 0.315 e. The Morgan fingerprint density at radius 2 is 1.57 bits per heavy atom. The number of aliphatic hydroxyl groups excluding tert-OH is 1. The van der Waals surface area contributed by atoms with Gasteiger partial charge in [-0.25, -0.2) is 4.79 Å². The molecule has 4 bridgehead atoms. The van der Waals surface area contributed by atoms with Crippen LogP contribution < -0.4 is 10.6 Å². The Balaban J connectivity index is 0.925. The molecular formula is C45H54N4O4. The quantitative estimate of drug-likeness (QED) is 0.138. The van der Waals surface area contributed by atoms with Crippen LogP contribution in [0.25, 0.3) is 11.1 Å². The SMILES string of the molecule is C[C@@H]1[C@H](CN(C)CCc2ccccn2)O[C@H](c2ccc(-c3cccc(CNC(=O)NC45CC6CC(CC(C6)C4)C5)c3)cc2)O[C@@H]1c1ccc(CO)cc1. The van der Waals surface area contributed by atoms with E-state index in [0.717, 1.165) is 95.6 Å². The Kier molecular flexibility index (Phi) is 10.7. The highest BCUT2D eigenvalue weighted by atomic mass is 16.7. The summed E-state index contributed by atoms with van der Waals surface area (Å²) >= 11 is 0. The monoisotopic (exact) mass is 714 g/mol. The lowest BCUT2D eigenvalue weighted by Crippen LogP contribution is -2.61. The summed E-state index contributed by atoms with van der Waals surface area (Å²) in [7, 11) is 2.14. The first-order valence-electron chi connectivity index (χ1n) is 19.7. The number of urea groups is 1.